The second kappa shape index (κ2) is 7.46. The van der Waals surface area contributed by atoms with Crippen LogP contribution in [0, 0.1) is 5.92 Å². The number of hydrogen-bond acceptors (Lipinski definition) is 2. The standard InChI is InChI=1S/C19H18Cl2N2O2/c1-11(16-8-7-14(20)10-17(16)21)22-19(25)13-3-2-4-15(9-13)23-18(24)12-5-6-12/h2-4,7-12H,5-6H2,1H3,(H,22,25)(H,23,24). The highest BCUT2D eigenvalue weighted by molar-refractivity contribution is 6.35. The monoisotopic (exact) mass is 376 g/mol. The van der Waals surface area contributed by atoms with Gasteiger partial charge in [0.25, 0.3) is 5.91 Å². The summed E-state index contributed by atoms with van der Waals surface area (Å²) in [5, 5.41) is 6.81. The molecule has 6 heteroatoms. The summed E-state index contributed by atoms with van der Waals surface area (Å²) in [7, 11) is 0. The summed E-state index contributed by atoms with van der Waals surface area (Å²) in [6.07, 6.45) is 1.87. The molecular weight excluding hydrogens is 359 g/mol. The first-order valence-electron chi connectivity index (χ1n) is 8.11. The van der Waals surface area contributed by atoms with Crippen molar-refractivity contribution in [2.75, 3.05) is 5.32 Å². The average Bonchev–Trinajstić information content (AvgIpc) is 3.39. The van der Waals surface area contributed by atoms with Gasteiger partial charge in [-0.2, -0.15) is 0 Å². The van der Waals surface area contributed by atoms with Gasteiger partial charge in [0.15, 0.2) is 0 Å². The van der Waals surface area contributed by atoms with Crippen LogP contribution in [0.1, 0.15) is 41.7 Å². The van der Waals surface area contributed by atoms with Gasteiger partial charge in [0.1, 0.15) is 0 Å². The zero-order valence-corrected chi connectivity index (χ0v) is 15.2. The molecule has 1 unspecified atom stereocenters. The Morgan fingerprint density at radius 1 is 1.12 bits per heavy atom. The highest BCUT2D eigenvalue weighted by atomic mass is 35.5. The van der Waals surface area contributed by atoms with Crippen LogP contribution in [-0.4, -0.2) is 11.8 Å². The van der Waals surface area contributed by atoms with Crippen molar-refractivity contribution in [3.8, 4) is 0 Å². The van der Waals surface area contributed by atoms with Crippen molar-refractivity contribution in [2.24, 2.45) is 5.92 Å². The Morgan fingerprint density at radius 2 is 1.88 bits per heavy atom. The fourth-order valence-electron chi connectivity index (χ4n) is 2.54. The molecule has 2 aromatic rings. The van der Waals surface area contributed by atoms with Crippen molar-refractivity contribution < 1.29 is 9.59 Å². The predicted molar refractivity (Wildman–Crippen MR) is 100 cm³/mol. The minimum atomic E-state index is -0.276. The lowest BCUT2D eigenvalue weighted by Crippen LogP contribution is -2.27. The summed E-state index contributed by atoms with van der Waals surface area (Å²) in [4.78, 5) is 24.3. The van der Waals surface area contributed by atoms with Gasteiger partial charge >= 0.3 is 0 Å². The van der Waals surface area contributed by atoms with Crippen LogP contribution in [0.15, 0.2) is 42.5 Å². The van der Waals surface area contributed by atoms with Gasteiger partial charge in [0.2, 0.25) is 5.91 Å². The summed E-state index contributed by atoms with van der Waals surface area (Å²) < 4.78 is 0. The van der Waals surface area contributed by atoms with Gasteiger partial charge in [-0.15, -0.1) is 0 Å². The molecule has 25 heavy (non-hydrogen) atoms. The van der Waals surface area contributed by atoms with E-state index in [0.29, 0.717) is 21.3 Å². The van der Waals surface area contributed by atoms with E-state index < -0.39 is 0 Å². The van der Waals surface area contributed by atoms with Crippen LogP contribution in [0.4, 0.5) is 5.69 Å². The van der Waals surface area contributed by atoms with Crippen LogP contribution in [0.25, 0.3) is 0 Å². The lowest BCUT2D eigenvalue weighted by atomic mass is 10.1. The fourth-order valence-corrected chi connectivity index (χ4v) is 3.11. The summed E-state index contributed by atoms with van der Waals surface area (Å²) >= 11 is 12.1. The van der Waals surface area contributed by atoms with Crippen LogP contribution in [0.5, 0.6) is 0 Å². The van der Waals surface area contributed by atoms with Crippen molar-refractivity contribution in [3.63, 3.8) is 0 Å². The van der Waals surface area contributed by atoms with Crippen LogP contribution in [0.2, 0.25) is 10.0 Å². The van der Waals surface area contributed by atoms with E-state index in [2.05, 4.69) is 10.6 Å². The number of anilines is 1. The van der Waals surface area contributed by atoms with Crippen LogP contribution < -0.4 is 10.6 Å². The Hall–Kier alpha value is -2.04. The topological polar surface area (TPSA) is 58.2 Å². The van der Waals surface area contributed by atoms with Gasteiger partial charge in [-0.3, -0.25) is 9.59 Å². The van der Waals surface area contributed by atoms with Gasteiger partial charge < -0.3 is 10.6 Å². The Labute approximate surface area is 156 Å². The summed E-state index contributed by atoms with van der Waals surface area (Å²) in [5.41, 5.74) is 1.89. The molecule has 1 aliphatic carbocycles. The zero-order valence-electron chi connectivity index (χ0n) is 13.7. The quantitative estimate of drug-likeness (QED) is 0.784. The van der Waals surface area contributed by atoms with E-state index in [-0.39, 0.29) is 23.8 Å². The number of nitrogens with one attached hydrogen (secondary N) is 2. The first kappa shape index (κ1) is 17.8. The number of hydrogen-bond donors (Lipinski definition) is 2. The normalized spacial score (nSPS) is 14.7. The van der Waals surface area contributed by atoms with E-state index in [1.165, 1.54) is 0 Å². The number of carbonyl (C=O) groups excluding carboxylic acids is 2. The maximum absolute atomic E-state index is 12.5. The predicted octanol–water partition coefficient (Wildman–Crippen LogP) is 4.83. The van der Waals surface area contributed by atoms with Crippen molar-refractivity contribution in [3.05, 3.63) is 63.6 Å². The molecule has 0 heterocycles. The number of rotatable bonds is 5. The largest absolute Gasteiger partial charge is 0.345 e. The molecule has 0 aromatic heterocycles. The lowest BCUT2D eigenvalue weighted by Gasteiger charge is -2.16. The zero-order chi connectivity index (χ0) is 18.0. The van der Waals surface area contributed by atoms with Gasteiger partial charge in [0, 0.05) is 27.2 Å². The maximum Gasteiger partial charge on any atom is 0.251 e. The smallest absolute Gasteiger partial charge is 0.251 e. The second-order valence-electron chi connectivity index (χ2n) is 6.21. The number of amides is 2. The van der Waals surface area contributed by atoms with Crippen molar-refractivity contribution in [1.29, 1.82) is 0 Å². The van der Waals surface area contributed by atoms with E-state index in [1.807, 2.05) is 6.92 Å². The Morgan fingerprint density at radius 3 is 2.56 bits per heavy atom. The second-order valence-corrected chi connectivity index (χ2v) is 7.05. The van der Waals surface area contributed by atoms with E-state index in [0.717, 1.165) is 18.4 Å². The molecule has 1 atom stereocenters. The molecule has 0 aliphatic heterocycles. The van der Waals surface area contributed by atoms with Gasteiger partial charge in [-0.25, -0.2) is 0 Å². The fraction of sp³-hybridized carbons (Fsp3) is 0.263. The molecule has 2 aromatic carbocycles. The average molecular weight is 377 g/mol. The summed E-state index contributed by atoms with van der Waals surface area (Å²) in [5.74, 6) is -0.107. The molecule has 0 saturated heterocycles. The Bertz CT molecular complexity index is 819. The minimum absolute atomic E-state index is 0.0128. The first-order chi connectivity index (χ1) is 11.9. The summed E-state index contributed by atoms with van der Waals surface area (Å²) in [6.45, 7) is 1.85. The van der Waals surface area contributed by atoms with Gasteiger partial charge in [-0.1, -0.05) is 35.3 Å². The molecular formula is C19H18Cl2N2O2. The molecule has 3 rings (SSSR count). The third-order valence-electron chi connectivity index (χ3n) is 4.12. The number of benzene rings is 2. The lowest BCUT2D eigenvalue weighted by molar-refractivity contribution is -0.117. The third-order valence-corrected chi connectivity index (χ3v) is 4.68. The van der Waals surface area contributed by atoms with Crippen molar-refractivity contribution in [1.82, 2.24) is 5.32 Å². The third kappa shape index (κ3) is 4.53. The molecule has 2 amide bonds. The summed E-state index contributed by atoms with van der Waals surface area (Å²) in [6, 6.07) is 11.8. The molecule has 0 bridgehead atoms. The Balaban J connectivity index is 1.68. The van der Waals surface area contributed by atoms with Crippen LogP contribution in [-0.2, 0) is 4.79 Å². The maximum atomic E-state index is 12.5. The molecule has 0 radical (unpaired) electrons. The SMILES string of the molecule is CC(NC(=O)c1cccc(NC(=O)C2CC2)c1)c1ccc(Cl)cc1Cl. The molecule has 1 aliphatic rings. The molecule has 2 N–H and O–H groups in total. The molecule has 1 fully saturated rings. The highest BCUT2D eigenvalue weighted by Crippen LogP contribution is 2.30. The van der Waals surface area contributed by atoms with E-state index in [9.17, 15) is 9.59 Å². The van der Waals surface area contributed by atoms with E-state index in [4.69, 9.17) is 23.2 Å². The van der Waals surface area contributed by atoms with Gasteiger partial charge in [0.05, 0.1) is 6.04 Å². The Kier molecular flexibility index (Phi) is 5.30. The van der Waals surface area contributed by atoms with Crippen LogP contribution in [0.3, 0.4) is 0 Å². The van der Waals surface area contributed by atoms with Crippen molar-refractivity contribution >= 4 is 40.7 Å². The molecule has 0 spiro atoms. The van der Waals surface area contributed by atoms with E-state index in [1.54, 1.807) is 42.5 Å². The first-order valence-corrected chi connectivity index (χ1v) is 8.86. The highest BCUT2D eigenvalue weighted by Gasteiger charge is 2.29. The van der Waals surface area contributed by atoms with Crippen molar-refractivity contribution in [2.45, 2.75) is 25.8 Å². The molecule has 4 nitrogen and oxygen atoms in total. The minimum Gasteiger partial charge on any atom is -0.345 e. The van der Waals surface area contributed by atoms with Crippen LogP contribution >= 0.6 is 23.2 Å². The number of halogens is 2. The van der Waals surface area contributed by atoms with E-state index >= 15 is 0 Å². The molecule has 130 valence electrons. The molecule has 1 saturated carbocycles. The van der Waals surface area contributed by atoms with Gasteiger partial charge in [-0.05, 0) is 55.7 Å². The number of carbonyl (C=O) groups is 2.